The van der Waals surface area contributed by atoms with Crippen molar-refractivity contribution in [2.45, 2.75) is 39.7 Å². The molecule has 0 bridgehead atoms. The summed E-state index contributed by atoms with van der Waals surface area (Å²) in [5, 5.41) is 3.03. The Morgan fingerprint density at radius 1 is 1.16 bits per heavy atom. The van der Waals surface area contributed by atoms with E-state index in [1.54, 1.807) is 31.2 Å². The first-order valence-corrected chi connectivity index (χ1v) is 12.8. The lowest BCUT2D eigenvalue weighted by atomic mass is 9.99. The van der Waals surface area contributed by atoms with E-state index in [-0.39, 0.29) is 11.9 Å². The quantitative estimate of drug-likeness (QED) is 0.696. The molecular formula is C24H33N3O3S. The normalized spacial score (nSPS) is 17.8. The molecule has 1 fully saturated rings. The van der Waals surface area contributed by atoms with E-state index >= 15 is 0 Å². The summed E-state index contributed by atoms with van der Waals surface area (Å²) in [5.41, 5.74) is 3.33. The lowest BCUT2D eigenvalue weighted by molar-refractivity contribution is 0.0940. The van der Waals surface area contributed by atoms with Crippen LogP contribution in [-0.4, -0.2) is 40.2 Å². The predicted molar refractivity (Wildman–Crippen MR) is 127 cm³/mol. The number of carbonyl (C=O) groups is 1. The second-order valence-electron chi connectivity index (χ2n) is 8.45. The van der Waals surface area contributed by atoms with E-state index in [9.17, 15) is 13.2 Å². The van der Waals surface area contributed by atoms with E-state index in [1.165, 1.54) is 29.1 Å². The number of piperidine rings is 1. The maximum atomic E-state index is 12.7. The molecule has 6 nitrogen and oxygen atoms in total. The molecule has 0 aliphatic carbocycles. The van der Waals surface area contributed by atoms with Gasteiger partial charge in [0.15, 0.2) is 0 Å². The van der Waals surface area contributed by atoms with Crippen molar-refractivity contribution >= 4 is 27.3 Å². The van der Waals surface area contributed by atoms with Crippen molar-refractivity contribution < 1.29 is 13.2 Å². The first kappa shape index (κ1) is 23.1. The number of hydrogen-bond donors (Lipinski definition) is 1. The van der Waals surface area contributed by atoms with E-state index in [4.69, 9.17) is 0 Å². The summed E-state index contributed by atoms with van der Waals surface area (Å²) in [6.45, 7) is 8.57. The number of benzene rings is 2. The summed E-state index contributed by atoms with van der Waals surface area (Å²) in [6.07, 6.45) is 3.70. The van der Waals surface area contributed by atoms with Gasteiger partial charge in [0.2, 0.25) is 10.0 Å². The van der Waals surface area contributed by atoms with E-state index < -0.39 is 10.0 Å². The van der Waals surface area contributed by atoms with Crippen molar-refractivity contribution in [1.29, 1.82) is 0 Å². The van der Waals surface area contributed by atoms with Gasteiger partial charge in [-0.15, -0.1) is 0 Å². The molecule has 2 aromatic rings. The number of anilines is 2. The Labute approximate surface area is 186 Å². The van der Waals surface area contributed by atoms with Crippen LogP contribution in [0.1, 0.15) is 55.6 Å². The molecule has 3 rings (SSSR count). The highest BCUT2D eigenvalue weighted by Gasteiger charge is 2.18. The number of hydrogen-bond acceptors (Lipinski definition) is 4. The number of nitrogens with zero attached hydrogens (tertiary/aromatic N) is 2. The third-order valence-electron chi connectivity index (χ3n) is 5.87. The van der Waals surface area contributed by atoms with Crippen molar-refractivity contribution in [3.8, 4) is 0 Å². The molecule has 1 amide bonds. The molecule has 0 saturated carbocycles. The van der Waals surface area contributed by atoms with Gasteiger partial charge in [0.1, 0.15) is 0 Å². The van der Waals surface area contributed by atoms with Gasteiger partial charge < -0.3 is 10.2 Å². The van der Waals surface area contributed by atoms with Crippen LogP contribution in [0, 0.1) is 5.92 Å². The molecule has 2 aromatic carbocycles. The minimum atomic E-state index is -3.34. The van der Waals surface area contributed by atoms with Gasteiger partial charge in [0.05, 0.1) is 18.0 Å². The van der Waals surface area contributed by atoms with Crippen LogP contribution < -0.4 is 14.5 Å². The molecule has 0 spiro atoms. The van der Waals surface area contributed by atoms with E-state index in [1.807, 2.05) is 6.92 Å². The molecule has 168 valence electrons. The van der Waals surface area contributed by atoms with Crippen LogP contribution >= 0.6 is 0 Å². The highest BCUT2D eigenvalue weighted by atomic mass is 32.2. The van der Waals surface area contributed by atoms with Crippen molar-refractivity contribution in [3.63, 3.8) is 0 Å². The van der Waals surface area contributed by atoms with Crippen LogP contribution in [-0.2, 0) is 10.0 Å². The fourth-order valence-electron chi connectivity index (χ4n) is 4.15. The maximum absolute atomic E-state index is 12.7. The number of amides is 1. The van der Waals surface area contributed by atoms with Crippen LogP contribution in [0.4, 0.5) is 11.4 Å². The Morgan fingerprint density at radius 3 is 2.35 bits per heavy atom. The smallest absolute Gasteiger partial charge is 0.251 e. The molecule has 1 N–H and O–H groups in total. The van der Waals surface area contributed by atoms with E-state index in [2.05, 4.69) is 41.4 Å². The Hall–Kier alpha value is -2.54. The topological polar surface area (TPSA) is 69.7 Å². The molecule has 1 aliphatic rings. The Balaban J connectivity index is 1.63. The summed E-state index contributed by atoms with van der Waals surface area (Å²) in [4.78, 5) is 15.1. The van der Waals surface area contributed by atoms with Crippen LogP contribution in [0.15, 0.2) is 48.5 Å². The van der Waals surface area contributed by atoms with Gasteiger partial charge in [-0.3, -0.25) is 9.10 Å². The minimum Gasteiger partial charge on any atom is -0.371 e. The summed E-state index contributed by atoms with van der Waals surface area (Å²) >= 11 is 0. The monoisotopic (exact) mass is 443 g/mol. The fourth-order valence-corrected chi connectivity index (χ4v) is 5.12. The number of carbonyl (C=O) groups excluding carboxylic acids is 1. The van der Waals surface area contributed by atoms with Crippen LogP contribution in [0.5, 0.6) is 0 Å². The summed E-state index contributed by atoms with van der Waals surface area (Å²) in [7, 11) is -3.34. The summed E-state index contributed by atoms with van der Waals surface area (Å²) < 4.78 is 25.0. The number of sulfonamides is 1. The summed E-state index contributed by atoms with van der Waals surface area (Å²) in [5.74, 6) is 0.537. The second kappa shape index (κ2) is 9.73. The molecule has 2 atom stereocenters. The first-order chi connectivity index (χ1) is 14.7. The Kier molecular flexibility index (Phi) is 7.26. The Bertz CT molecular complexity index is 988. The molecule has 1 heterocycles. The molecule has 1 aliphatic heterocycles. The van der Waals surface area contributed by atoms with Crippen molar-refractivity contribution in [2.24, 2.45) is 5.92 Å². The van der Waals surface area contributed by atoms with Gasteiger partial charge in [0, 0.05) is 30.9 Å². The van der Waals surface area contributed by atoms with Crippen LogP contribution in [0.3, 0.4) is 0 Å². The zero-order valence-electron chi connectivity index (χ0n) is 18.8. The minimum absolute atomic E-state index is 0.135. The average molecular weight is 444 g/mol. The molecule has 1 saturated heterocycles. The maximum Gasteiger partial charge on any atom is 0.251 e. The molecule has 31 heavy (non-hydrogen) atoms. The highest BCUT2D eigenvalue weighted by molar-refractivity contribution is 7.92. The molecule has 2 unspecified atom stereocenters. The van der Waals surface area contributed by atoms with Gasteiger partial charge in [-0.05, 0) is 74.6 Å². The standard InChI is InChI=1S/C24H33N3O3S/c1-5-27(31(4,29)30)23-14-10-21(11-15-23)24(28)25-19(3)20-8-12-22(13-9-20)26-16-6-7-18(2)17-26/h8-15,18-19H,5-7,16-17H2,1-4H3,(H,25,28). The third-order valence-corrected chi connectivity index (χ3v) is 7.14. The van der Waals surface area contributed by atoms with Gasteiger partial charge in [-0.2, -0.15) is 0 Å². The molecule has 0 aromatic heterocycles. The van der Waals surface area contributed by atoms with Gasteiger partial charge in [-0.25, -0.2) is 8.42 Å². The molecule has 7 heteroatoms. The second-order valence-corrected chi connectivity index (χ2v) is 10.4. The molecule has 0 radical (unpaired) electrons. The third kappa shape index (κ3) is 5.79. The van der Waals surface area contributed by atoms with Gasteiger partial charge >= 0.3 is 0 Å². The summed E-state index contributed by atoms with van der Waals surface area (Å²) in [6, 6.07) is 14.9. The van der Waals surface area contributed by atoms with E-state index in [0.29, 0.717) is 17.8 Å². The van der Waals surface area contributed by atoms with Crippen molar-refractivity contribution in [2.75, 3.05) is 35.1 Å². The number of nitrogens with one attached hydrogen (secondary N) is 1. The fraction of sp³-hybridized carbons (Fsp3) is 0.458. The predicted octanol–water partition coefficient (Wildman–Crippen LogP) is 4.20. The average Bonchev–Trinajstić information content (AvgIpc) is 2.74. The first-order valence-electron chi connectivity index (χ1n) is 10.9. The van der Waals surface area contributed by atoms with Gasteiger partial charge in [-0.1, -0.05) is 19.1 Å². The lowest BCUT2D eigenvalue weighted by Gasteiger charge is -2.33. The highest BCUT2D eigenvalue weighted by Crippen LogP contribution is 2.25. The van der Waals surface area contributed by atoms with Crippen molar-refractivity contribution in [1.82, 2.24) is 5.32 Å². The Morgan fingerprint density at radius 2 is 1.81 bits per heavy atom. The van der Waals surface area contributed by atoms with Crippen molar-refractivity contribution in [3.05, 3.63) is 59.7 Å². The SMILES string of the molecule is CCN(c1ccc(C(=O)NC(C)c2ccc(N3CCCC(C)C3)cc2)cc1)S(C)(=O)=O. The van der Waals surface area contributed by atoms with Crippen LogP contribution in [0.25, 0.3) is 0 Å². The number of rotatable bonds is 7. The van der Waals surface area contributed by atoms with E-state index in [0.717, 1.165) is 24.6 Å². The largest absolute Gasteiger partial charge is 0.371 e. The van der Waals surface area contributed by atoms with Crippen LogP contribution in [0.2, 0.25) is 0 Å². The lowest BCUT2D eigenvalue weighted by Crippen LogP contribution is -2.34. The zero-order valence-corrected chi connectivity index (χ0v) is 19.7. The molecular weight excluding hydrogens is 410 g/mol. The van der Waals surface area contributed by atoms with Gasteiger partial charge in [0.25, 0.3) is 5.91 Å². The zero-order chi connectivity index (χ0) is 22.6.